The molecule has 0 atom stereocenters. The van der Waals surface area contributed by atoms with Gasteiger partial charge in [-0.05, 0) is 80.4 Å². The Morgan fingerprint density at radius 3 is 2.43 bits per heavy atom. The van der Waals surface area contributed by atoms with Gasteiger partial charge < -0.3 is 15.4 Å². The fourth-order valence-corrected chi connectivity index (χ4v) is 8.12. The molecule has 0 unspecified atom stereocenters. The molecule has 238 valence electrons. The van der Waals surface area contributed by atoms with Crippen LogP contribution in [-0.4, -0.2) is 69.7 Å². The molecule has 15 heteroatoms. The molecule has 0 radical (unpaired) electrons. The van der Waals surface area contributed by atoms with Crippen molar-refractivity contribution in [2.45, 2.75) is 36.4 Å². The Labute approximate surface area is 274 Å². The van der Waals surface area contributed by atoms with Crippen LogP contribution in [0.5, 0.6) is 5.75 Å². The Hall–Kier alpha value is -4.31. The minimum Gasteiger partial charge on any atom is -0.494 e. The highest BCUT2D eigenvalue weighted by molar-refractivity contribution is 7.99. The van der Waals surface area contributed by atoms with E-state index in [4.69, 9.17) is 4.74 Å². The molecule has 0 spiro atoms. The van der Waals surface area contributed by atoms with Gasteiger partial charge in [-0.3, -0.25) is 14.2 Å². The van der Waals surface area contributed by atoms with Crippen molar-refractivity contribution in [2.24, 2.45) is 0 Å². The zero-order valence-corrected chi connectivity index (χ0v) is 27.3. The van der Waals surface area contributed by atoms with Crippen molar-refractivity contribution in [1.29, 1.82) is 0 Å². The van der Waals surface area contributed by atoms with E-state index in [1.165, 1.54) is 51.7 Å². The third-order valence-corrected chi connectivity index (χ3v) is 11.0. The minimum absolute atomic E-state index is 0.0331. The monoisotopic (exact) mass is 677 g/mol. The number of ether oxygens (including phenoxy) is 1. The summed E-state index contributed by atoms with van der Waals surface area (Å²) in [5, 5.41) is 15.3. The molecule has 0 saturated carbocycles. The maximum atomic E-state index is 13.1. The van der Waals surface area contributed by atoms with E-state index in [2.05, 4.69) is 25.8 Å². The predicted molar refractivity (Wildman–Crippen MR) is 177 cm³/mol. The molecule has 1 aliphatic rings. The molecule has 2 aromatic heterocycles. The van der Waals surface area contributed by atoms with Crippen LogP contribution in [0.25, 0.3) is 15.9 Å². The SMILES string of the molecule is CCOc1ccc(-n2c(CNC(=O)c3ccc(S(=O)(=O)N4CCCC4)cc3)nnc2SCC(=O)Nc2nc3ccccc3s2)cc1. The van der Waals surface area contributed by atoms with Gasteiger partial charge in [0.05, 0.1) is 34.0 Å². The first-order valence-electron chi connectivity index (χ1n) is 14.7. The number of anilines is 1. The largest absolute Gasteiger partial charge is 0.494 e. The Morgan fingerprint density at radius 1 is 0.978 bits per heavy atom. The fourth-order valence-electron chi connectivity index (χ4n) is 4.95. The van der Waals surface area contributed by atoms with E-state index in [1.807, 2.05) is 55.5 Å². The number of amides is 2. The van der Waals surface area contributed by atoms with E-state index in [9.17, 15) is 18.0 Å². The Bertz CT molecular complexity index is 1920. The summed E-state index contributed by atoms with van der Waals surface area (Å²) in [4.78, 5) is 30.5. The highest BCUT2D eigenvalue weighted by Crippen LogP contribution is 2.27. The van der Waals surface area contributed by atoms with Crippen molar-refractivity contribution >= 4 is 60.3 Å². The van der Waals surface area contributed by atoms with Crippen molar-refractivity contribution in [1.82, 2.24) is 29.4 Å². The smallest absolute Gasteiger partial charge is 0.251 e. The van der Waals surface area contributed by atoms with E-state index in [-0.39, 0.29) is 23.1 Å². The van der Waals surface area contributed by atoms with Gasteiger partial charge in [0.1, 0.15) is 5.75 Å². The van der Waals surface area contributed by atoms with E-state index in [0.717, 1.165) is 28.7 Å². The lowest BCUT2D eigenvalue weighted by atomic mass is 10.2. The zero-order chi connectivity index (χ0) is 32.1. The van der Waals surface area contributed by atoms with Crippen LogP contribution >= 0.6 is 23.1 Å². The number of thiazole rings is 1. The van der Waals surface area contributed by atoms with E-state index in [1.54, 1.807) is 4.57 Å². The second-order valence-corrected chi connectivity index (χ2v) is 14.2. The topological polar surface area (TPSA) is 148 Å². The van der Waals surface area contributed by atoms with Crippen LogP contribution in [0.1, 0.15) is 35.9 Å². The van der Waals surface area contributed by atoms with Gasteiger partial charge in [0.15, 0.2) is 16.1 Å². The maximum Gasteiger partial charge on any atom is 0.251 e. The Morgan fingerprint density at radius 2 is 1.72 bits per heavy atom. The summed E-state index contributed by atoms with van der Waals surface area (Å²) in [5.41, 5.74) is 1.86. The molecule has 12 nitrogen and oxygen atoms in total. The molecule has 2 N–H and O–H groups in total. The first-order valence-corrected chi connectivity index (χ1v) is 17.9. The maximum absolute atomic E-state index is 13.1. The summed E-state index contributed by atoms with van der Waals surface area (Å²) in [5.74, 6) is 0.573. The van der Waals surface area contributed by atoms with Crippen LogP contribution in [0.2, 0.25) is 0 Å². The van der Waals surface area contributed by atoms with Crippen molar-refractivity contribution in [3.63, 3.8) is 0 Å². The molecule has 6 rings (SSSR count). The highest BCUT2D eigenvalue weighted by Gasteiger charge is 2.27. The van der Waals surface area contributed by atoms with Crippen molar-refractivity contribution in [2.75, 3.05) is 30.8 Å². The highest BCUT2D eigenvalue weighted by atomic mass is 32.2. The number of carbonyl (C=O) groups excluding carboxylic acids is 2. The normalized spacial score (nSPS) is 13.6. The van der Waals surface area contributed by atoms with Gasteiger partial charge in [-0.2, -0.15) is 4.31 Å². The van der Waals surface area contributed by atoms with Crippen molar-refractivity contribution in [3.8, 4) is 11.4 Å². The first-order chi connectivity index (χ1) is 22.3. The summed E-state index contributed by atoms with van der Waals surface area (Å²) >= 11 is 2.61. The van der Waals surface area contributed by atoms with Gasteiger partial charge in [0, 0.05) is 24.3 Å². The van der Waals surface area contributed by atoms with Crippen LogP contribution in [0.15, 0.2) is 82.8 Å². The number of nitrogens with one attached hydrogen (secondary N) is 2. The number of benzene rings is 3. The number of hydrogen-bond acceptors (Lipinski definition) is 10. The molecular weight excluding hydrogens is 647 g/mol. The van der Waals surface area contributed by atoms with E-state index >= 15 is 0 Å². The molecule has 46 heavy (non-hydrogen) atoms. The number of fused-ring (bicyclic) bond motifs is 1. The number of para-hydroxylation sites is 1. The number of thioether (sulfide) groups is 1. The minimum atomic E-state index is -3.58. The number of hydrogen-bond donors (Lipinski definition) is 2. The Kier molecular flexibility index (Phi) is 9.63. The average Bonchev–Trinajstić information content (AvgIpc) is 3.84. The molecule has 0 bridgehead atoms. The number of nitrogens with zero attached hydrogens (tertiary/aromatic N) is 5. The van der Waals surface area contributed by atoms with Crippen molar-refractivity contribution < 1.29 is 22.7 Å². The number of aromatic nitrogens is 4. The van der Waals surface area contributed by atoms with Gasteiger partial charge in [-0.25, -0.2) is 13.4 Å². The molecule has 1 fully saturated rings. The van der Waals surface area contributed by atoms with Crippen LogP contribution in [0, 0.1) is 0 Å². The van der Waals surface area contributed by atoms with Crippen LogP contribution < -0.4 is 15.4 Å². The van der Waals surface area contributed by atoms with Crippen molar-refractivity contribution in [3.05, 3.63) is 84.2 Å². The molecule has 0 aliphatic carbocycles. The van der Waals surface area contributed by atoms with Gasteiger partial charge >= 0.3 is 0 Å². The lowest BCUT2D eigenvalue weighted by Crippen LogP contribution is -2.28. The number of sulfonamides is 1. The molecule has 3 aromatic carbocycles. The third-order valence-electron chi connectivity index (χ3n) is 7.21. The first kappa shape index (κ1) is 31.7. The van der Waals surface area contributed by atoms with Gasteiger partial charge in [-0.1, -0.05) is 35.2 Å². The van der Waals surface area contributed by atoms with E-state index < -0.39 is 15.9 Å². The van der Waals surface area contributed by atoms with Crippen LogP contribution in [0.4, 0.5) is 5.13 Å². The van der Waals surface area contributed by atoms with Crippen LogP contribution in [0.3, 0.4) is 0 Å². The molecule has 1 saturated heterocycles. The zero-order valence-electron chi connectivity index (χ0n) is 24.9. The lowest BCUT2D eigenvalue weighted by molar-refractivity contribution is -0.113. The predicted octanol–water partition coefficient (Wildman–Crippen LogP) is 4.72. The molecule has 5 aromatic rings. The van der Waals surface area contributed by atoms with Gasteiger partial charge in [-0.15, -0.1) is 10.2 Å². The molecule has 1 aliphatic heterocycles. The lowest BCUT2D eigenvalue weighted by Gasteiger charge is -2.15. The van der Waals surface area contributed by atoms with Gasteiger partial charge in [0.25, 0.3) is 5.91 Å². The fraction of sp³-hybridized carbons (Fsp3) is 0.258. The summed E-state index contributed by atoms with van der Waals surface area (Å²) in [6.07, 6.45) is 1.69. The summed E-state index contributed by atoms with van der Waals surface area (Å²) in [6.45, 7) is 3.48. The molecule has 3 heterocycles. The Balaban J connectivity index is 1.15. The molecular formula is C31H31N7O5S3. The number of carbonyl (C=O) groups is 2. The van der Waals surface area contributed by atoms with Crippen LogP contribution in [-0.2, 0) is 21.4 Å². The summed E-state index contributed by atoms with van der Waals surface area (Å²) in [7, 11) is -3.58. The standard InChI is InChI=1S/C31H31N7O5S3/c1-2-43-23-13-11-22(12-14-23)38-27(19-32-29(40)21-9-15-24(16-10-21)46(41,42)37-17-5-6-18-37)35-36-31(38)44-20-28(39)34-30-33-25-7-3-4-8-26(25)45-30/h3-4,7-16H,2,5-6,17-20H2,1H3,(H,32,40)(H,33,34,39). The third kappa shape index (κ3) is 7.07. The average molecular weight is 678 g/mol. The van der Waals surface area contributed by atoms with Gasteiger partial charge in [0.2, 0.25) is 15.9 Å². The number of rotatable bonds is 12. The van der Waals surface area contributed by atoms with E-state index in [0.29, 0.717) is 47.1 Å². The molecule has 2 amide bonds. The second kappa shape index (κ2) is 14.0. The second-order valence-electron chi connectivity index (χ2n) is 10.3. The summed E-state index contributed by atoms with van der Waals surface area (Å²) in [6, 6.07) is 20.9. The quantitative estimate of drug-likeness (QED) is 0.179. The summed E-state index contributed by atoms with van der Waals surface area (Å²) < 4.78 is 35.5.